The molecule has 0 aromatic heterocycles. The van der Waals surface area contributed by atoms with Gasteiger partial charge in [0.15, 0.2) is 13.1 Å². The van der Waals surface area contributed by atoms with Crippen molar-refractivity contribution >= 4 is 29.1 Å². The minimum atomic E-state index is -0.305. The zero-order chi connectivity index (χ0) is 22.1. The summed E-state index contributed by atoms with van der Waals surface area (Å²) in [6, 6.07) is 12.6. The molecule has 4 N–H and O–H groups in total. The summed E-state index contributed by atoms with van der Waals surface area (Å²) in [7, 11) is 3.31. The number of anilines is 2. The molecule has 1 unspecified atom stereocenters. The number of nitrogens with one attached hydrogen (secondary N) is 4. The van der Waals surface area contributed by atoms with Crippen LogP contribution in [-0.4, -0.2) is 51.5 Å². The van der Waals surface area contributed by atoms with E-state index in [1.54, 1.807) is 38.4 Å². The van der Waals surface area contributed by atoms with Gasteiger partial charge < -0.3 is 25.6 Å². The number of methoxy groups -OCH3 is 1. The second-order valence-corrected chi connectivity index (χ2v) is 7.16. The van der Waals surface area contributed by atoms with Gasteiger partial charge in [-0.05, 0) is 55.3 Å². The van der Waals surface area contributed by atoms with Crippen molar-refractivity contribution in [2.24, 2.45) is 0 Å². The average Bonchev–Trinajstić information content (AvgIpc) is 2.70. The Hall–Kier alpha value is -3.39. The highest BCUT2D eigenvalue weighted by Gasteiger charge is 2.15. The van der Waals surface area contributed by atoms with E-state index in [2.05, 4.69) is 16.0 Å². The first-order valence-electron chi connectivity index (χ1n) is 9.66. The zero-order valence-electron chi connectivity index (χ0n) is 17.8. The van der Waals surface area contributed by atoms with Crippen LogP contribution < -0.4 is 25.6 Å². The number of likely N-dealkylation sites (N-methyl/N-ethyl adjacent to an activating group) is 1. The molecule has 8 nitrogen and oxygen atoms in total. The molecule has 0 aliphatic carbocycles. The van der Waals surface area contributed by atoms with E-state index >= 15 is 0 Å². The molecule has 0 saturated heterocycles. The molecule has 0 fully saturated rings. The van der Waals surface area contributed by atoms with E-state index in [4.69, 9.17) is 4.74 Å². The van der Waals surface area contributed by atoms with Crippen LogP contribution in [0.25, 0.3) is 0 Å². The first-order chi connectivity index (χ1) is 14.3. The summed E-state index contributed by atoms with van der Waals surface area (Å²) >= 11 is 0. The molecule has 0 spiro atoms. The third kappa shape index (κ3) is 7.21. The van der Waals surface area contributed by atoms with Crippen molar-refractivity contribution in [2.45, 2.75) is 13.8 Å². The highest BCUT2D eigenvalue weighted by molar-refractivity contribution is 5.95. The molecule has 160 valence electrons. The fraction of sp³-hybridized carbons (Fsp3) is 0.318. The van der Waals surface area contributed by atoms with E-state index in [1.165, 1.54) is 0 Å². The smallest absolute Gasteiger partial charge is 0.279 e. The van der Waals surface area contributed by atoms with Crippen LogP contribution in [0.15, 0.2) is 42.5 Å². The number of ether oxygens (including phenoxy) is 1. The normalized spacial score (nSPS) is 11.3. The number of aryl methyl sites for hydroxylation is 1. The van der Waals surface area contributed by atoms with Gasteiger partial charge in [0.2, 0.25) is 5.91 Å². The Morgan fingerprint density at radius 1 is 0.900 bits per heavy atom. The Balaban J connectivity index is 1.72. The van der Waals surface area contributed by atoms with Crippen LogP contribution in [0.3, 0.4) is 0 Å². The highest BCUT2D eigenvalue weighted by Crippen LogP contribution is 2.17. The molecular weight excluding hydrogens is 384 g/mol. The van der Waals surface area contributed by atoms with Crippen molar-refractivity contribution in [1.82, 2.24) is 5.32 Å². The minimum absolute atomic E-state index is 0.0762. The topological polar surface area (TPSA) is 101 Å². The van der Waals surface area contributed by atoms with Crippen molar-refractivity contribution in [1.29, 1.82) is 0 Å². The van der Waals surface area contributed by atoms with Gasteiger partial charge >= 0.3 is 0 Å². The van der Waals surface area contributed by atoms with E-state index in [0.29, 0.717) is 16.3 Å². The maximum Gasteiger partial charge on any atom is 0.279 e. The molecular formula is C22H29N4O4+. The van der Waals surface area contributed by atoms with Crippen LogP contribution >= 0.6 is 0 Å². The lowest BCUT2D eigenvalue weighted by atomic mass is 10.1. The molecule has 0 radical (unpaired) electrons. The molecule has 0 heterocycles. The second-order valence-electron chi connectivity index (χ2n) is 7.16. The molecule has 3 amide bonds. The van der Waals surface area contributed by atoms with Gasteiger partial charge in [-0.1, -0.05) is 12.1 Å². The van der Waals surface area contributed by atoms with Crippen LogP contribution in [0, 0.1) is 13.8 Å². The lowest BCUT2D eigenvalue weighted by Crippen LogP contribution is -3.11. The quantitative estimate of drug-likeness (QED) is 0.482. The summed E-state index contributed by atoms with van der Waals surface area (Å²) in [4.78, 5) is 37.0. The Bertz CT molecular complexity index is 897. The maximum atomic E-state index is 12.1. The number of amides is 3. The third-order valence-electron chi connectivity index (χ3n) is 4.62. The predicted octanol–water partition coefficient (Wildman–Crippen LogP) is 0.520. The maximum absolute atomic E-state index is 12.1. The first kappa shape index (κ1) is 22.9. The number of quaternary nitrogens is 1. The van der Waals surface area contributed by atoms with Gasteiger partial charge in [-0.15, -0.1) is 0 Å². The van der Waals surface area contributed by atoms with Crippen molar-refractivity contribution in [3.63, 3.8) is 0 Å². The largest absolute Gasteiger partial charge is 0.497 e. The molecule has 0 aliphatic rings. The van der Waals surface area contributed by atoms with Crippen molar-refractivity contribution in [3.8, 4) is 5.75 Å². The van der Waals surface area contributed by atoms with E-state index in [9.17, 15) is 14.4 Å². The lowest BCUT2D eigenvalue weighted by Gasteiger charge is -2.14. The van der Waals surface area contributed by atoms with Crippen molar-refractivity contribution < 1.29 is 24.0 Å². The molecule has 0 bridgehead atoms. The van der Waals surface area contributed by atoms with Crippen LogP contribution in [0.5, 0.6) is 5.75 Å². The van der Waals surface area contributed by atoms with Crippen LogP contribution in [-0.2, 0) is 14.4 Å². The summed E-state index contributed by atoms with van der Waals surface area (Å²) in [6.07, 6.45) is 0. The Morgan fingerprint density at radius 2 is 1.57 bits per heavy atom. The summed E-state index contributed by atoms with van der Waals surface area (Å²) in [5, 5.41) is 8.15. The van der Waals surface area contributed by atoms with E-state index in [-0.39, 0.29) is 37.4 Å². The molecule has 8 heteroatoms. The van der Waals surface area contributed by atoms with E-state index in [1.807, 2.05) is 32.0 Å². The monoisotopic (exact) mass is 413 g/mol. The molecule has 1 atom stereocenters. The molecule has 2 aromatic carbocycles. The van der Waals surface area contributed by atoms with Gasteiger partial charge in [-0.3, -0.25) is 14.4 Å². The van der Waals surface area contributed by atoms with Gasteiger partial charge in [0.1, 0.15) is 5.75 Å². The number of carbonyl (C=O) groups is 3. The van der Waals surface area contributed by atoms with Crippen LogP contribution in [0.4, 0.5) is 11.4 Å². The summed E-state index contributed by atoms with van der Waals surface area (Å²) in [6.45, 7) is 3.97. The number of carbonyl (C=O) groups excluding carboxylic acids is 3. The fourth-order valence-corrected chi connectivity index (χ4v) is 2.81. The standard InChI is InChI=1S/C22H28N4O4/c1-15-6-5-7-19(16(15)2)25-20(27)12-23-21(28)13-26(3)14-22(29)24-17-8-10-18(30-4)11-9-17/h5-11H,12-14H2,1-4H3,(H,23,28)(H,24,29)(H,25,27)/p+1. The Kier molecular flexibility index (Phi) is 8.37. The van der Waals surface area contributed by atoms with Crippen LogP contribution in [0.2, 0.25) is 0 Å². The van der Waals surface area contributed by atoms with Gasteiger partial charge in [-0.2, -0.15) is 0 Å². The van der Waals surface area contributed by atoms with E-state index in [0.717, 1.165) is 16.8 Å². The number of benzene rings is 2. The predicted molar refractivity (Wildman–Crippen MR) is 116 cm³/mol. The molecule has 2 rings (SSSR count). The molecule has 2 aromatic rings. The Labute approximate surface area is 176 Å². The molecule has 0 aliphatic heterocycles. The number of rotatable bonds is 9. The van der Waals surface area contributed by atoms with Gasteiger partial charge in [0.05, 0.1) is 20.7 Å². The zero-order valence-corrected chi connectivity index (χ0v) is 17.8. The fourth-order valence-electron chi connectivity index (χ4n) is 2.81. The first-order valence-corrected chi connectivity index (χ1v) is 9.66. The minimum Gasteiger partial charge on any atom is -0.497 e. The van der Waals surface area contributed by atoms with Gasteiger partial charge in [0, 0.05) is 11.4 Å². The third-order valence-corrected chi connectivity index (χ3v) is 4.62. The highest BCUT2D eigenvalue weighted by atomic mass is 16.5. The number of hydrogen-bond acceptors (Lipinski definition) is 4. The number of hydrogen-bond donors (Lipinski definition) is 4. The van der Waals surface area contributed by atoms with Crippen molar-refractivity contribution in [2.75, 3.05) is 44.4 Å². The summed E-state index contributed by atoms with van der Waals surface area (Å²) in [5.41, 5.74) is 3.45. The Morgan fingerprint density at radius 3 is 2.23 bits per heavy atom. The SMILES string of the molecule is COc1ccc(NC(=O)C[NH+](C)CC(=O)NCC(=O)Nc2cccc(C)c2C)cc1. The summed E-state index contributed by atoms with van der Waals surface area (Å²) < 4.78 is 5.08. The average molecular weight is 413 g/mol. The molecule has 30 heavy (non-hydrogen) atoms. The molecule has 0 saturated carbocycles. The van der Waals surface area contributed by atoms with Crippen LogP contribution in [0.1, 0.15) is 11.1 Å². The van der Waals surface area contributed by atoms with Gasteiger partial charge in [0.25, 0.3) is 11.8 Å². The van der Waals surface area contributed by atoms with Gasteiger partial charge in [-0.25, -0.2) is 0 Å². The van der Waals surface area contributed by atoms with E-state index < -0.39 is 0 Å². The second kappa shape index (κ2) is 11.0. The lowest BCUT2D eigenvalue weighted by molar-refractivity contribution is -0.862. The van der Waals surface area contributed by atoms with Crippen molar-refractivity contribution in [3.05, 3.63) is 53.6 Å². The summed E-state index contributed by atoms with van der Waals surface area (Å²) in [5.74, 6) is -0.111.